The molecule has 0 aromatic heterocycles. The van der Waals surface area contributed by atoms with Gasteiger partial charge in [0, 0.05) is 0 Å². The molecule has 108 valence electrons. The van der Waals surface area contributed by atoms with Gasteiger partial charge in [-0.2, -0.15) is 0 Å². The van der Waals surface area contributed by atoms with Gasteiger partial charge in [-0.1, -0.05) is 45.0 Å². The summed E-state index contributed by atoms with van der Waals surface area (Å²) in [4.78, 5) is 0. The van der Waals surface area contributed by atoms with Crippen molar-refractivity contribution in [3.63, 3.8) is 0 Å². The van der Waals surface area contributed by atoms with Gasteiger partial charge in [0.2, 0.25) is 0 Å². The Morgan fingerprint density at radius 2 is 2.00 bits per heavy atom. The second kappa shape index (κ2) is 7.66. The van der Waals surface area contributed by atoms with Crippen molar-refractivity contribution in [1.82, 2.24) is 5.32 Å². The third kappa shape index (κ3) is 5.75. The summed E-state index contributed by atoms with van der Waals surface area (Å²) >= 11 is 0. The zero-order chi connectivity index (χ0) is 14.3. The second-order valence-corrected chi connectivity index (χ2v) is 6.07. The van der Waals surface area contributed by atoms with Crippen LogP contribution in [-0.2, 0) is 12.0 Å². The molecule has 2 nitrogen and oxygen atoms in total. The molecule has 2 heteroatoms. The van der Waals surface area contributed by atoms with Crippen LogP contribution in [0.25, 0.3) is 0 Å². The molecular weight excluding hydrogens is 234 g/mol. The summed E-state index contributed by atoms with van der Waals surface area (Å²) in [5.74, 6) is 0.645. The normalized spacial score (nSPS) is 14.6. The Morgan fingerprint density at radius 1 is 1.26 bits per heavy atom. The van der Waals surface area contributed by atoms with E-state index in [-0.39, 0.29) is 0 Å². The second-order valence-electron chi connectivity index (χ2n) is 6.07. The van der Waals surface area contributed by atoms with Crippen molar-refractivity contribution in [3.8, 4) is 0 Å². The van der Waals surface area contributed by atoms with Crippen LogP contribution in [-0.4, -0.2) is 18.2 Å². The van der Waals surface area contributed by atoms with Crippen LogP contribution in [0.4, 0.5) is 0 Å². The molecule has 1 atom stereocenters. The molecule has 1 unspecified atom stereocenters. The van der Waals surface area contributed by atoms with E-state index in [9.17, 15) is 5.11 Å². The van der Waals surface area contributed by atoms with Gasteiger partial charge >= 0.3 is 0 Å². The van der Waals surface area contributed by atoms with E-state index in [1.807, 2.05) is 13.0 Å². The molecule has 0 spiro atoms. The number of nitrogens with one attached hydrogen (secondary N) is 1. The van der Waals surface area contributed by atoms with Gasteiger partial charge in [0.25, 0.3) is 0 Å². The van der Waals surface area contributed by atoms with Crippen molar-refractivity contribution in [3.05, 3.63) is 35.4 Å². The van der Waals surface area contributed by atoms with Crippen LogP contribution in [0.1, 0.15) is 51.7 Å². The van der Waals surface area contributed by atoms with Crippen LogP contribution in [0.2, 0.25) is 0 Å². The summed E-state index contributed by atoms with van der Waals surface area (Å²) in [6.45, 7) is 10.4. The van der Waals surface area contributed by atoms with Gasteiger partial charge in [-0.15, -0.1) is 0 Å². The fourth-order valence-corrected chi connectivity index (χ4v) is 2.28. The van der Waals surface area contributed by atoms with E-state index in [4.69, 9.17) is 0 Å². The van der Waals surface area contributed by atoms with Gasteiger partial charge in [-0.05, 0) is 56.3 Å². The van der Waals surface area contributed by atoms with E-state index in [1.54, 1.807) is 0 Å². The lowest BCUT2D eigenvalue weighted by Crippen LogP contribution is -2.28. The van der Waals surface area contributed by atoms with E-state index < -0.39 is 5.60 Å². The topological polar surface area (TPSA) is 32.3 Å². The summed E-state index contributed by atoms with van der Waals surface area (Å²) < 4.78 is 0. The highest BCUT2D eigenvalue weighted by atomic mass is 16.3. The molecule has 2 N–H and O–H groups in total. The first-order chi connectivity index (χ1) is 8.95. The lowest BCUT2D eigenvalue weighted by Gasteiger charge is -2.25. The molecule has 1 aromatic rings. The van der Waals surface area contributed by atoms with Gasteiger partial charge in [-0.3, -0.25) is 0 Å². The predicted molar refractivity (Wildman–Crippen MR) is 82.3 cm³/mol. The first-order valence-electron chi connectivity index (χ1n) is 7.48. The lowest BCUT2D eigenvalue weighted by atomic mass is 9.90. The van der Waals surface area contributed by atoms with Crippen LogP contribution < -0.4 is 5.32 Å². The van der Waals surface area contributed by atoms with E-state index >= 15 is 0 Å². The Labute approximate surface area is 118 Å². The maximum Gasteiger partial charge on any atom is 0.0880 e. The molecule has 0 radical (unpaired) electrons. The first kappa shape index (κ1) is 16.2. The van der Waals surface area contributed by atoms with E-state index in [1.165, 1.54) is 5.56 Å². The zero-order valence-electron chi connectivity index (χ0n) is 12.9. The van der Waals surface area contributed by atoms with Crippen molar-refractivity contribution < 1.29 is 5.11 Å². The molecule has 0 saturated heterocycles. The minimum atomic E-state index is -0.742. The molecule has 1 rings (SSSR count). The summed E-state index contributed by atoms with van der Waals surface area (Å²) in [6, 6.07) is 8.39. The quantitative estimate of drug-likeness (QED) is 0.704. The molecule has 0 bridgehead atoms. The summed E-state index contributed by atoms with van der Waals surface area (Å²) in [7, 11) is 0. The van der Waals surface area contributed by atoms with Gasteiger partial charge in [0.15, 0.2) is 0 Å². The highest BCUT2D eigenvalue weighted by molar-refractivity contribution is 5.28. The largest absolute Gasteiger partial charge is 0.385 e. The van der Waals surface area contributed by atoms with Crippen molar-refractivity contribution in [2.24, 2.45) is 5.92 Å². The van der Waals surface area contributed by atoms with Gasteiger partial charge in [-0.25, -0.2) is 0 Å². The fourth-order valence-electron chi connectivity index (χ4n) is 2.28. The molecule has 0 saturated carbocycles. The Bertz CT molecular complexity index is 371. The molecule has 0 heterocycles. The Hall–Kier alpha value is -0.860. The van der Waals surface area contributed by atoms with Crippen LogP contribution in [0.5, 0.6) is 0 Å². The molecular formula is C17H29NO. The molecule has 0 aliphatic carbocycles. The fraction of sp³-hybridized carbons (Fsp3) is 0.647. The summed E-state index contributed by atoms with van der Waals surface area (Å²) in [5.41, 5.74) is 1.60. The molecule has 0 fully saturated rings. The molecule has 0 amide bonds. The zero-order valence-corrected chi connectivity index (χ0v) is 12.9. The van der Waals surface area contributed by atoms with Crippen molar-refractivity contribution >= 4 is 0 Å². The van der Waals surface area contributed by atoms with E-state index in [0.29, 0.717) is 5.92 Å². The van der Waals surface area contributed by atoms with Gasteiger partial charge in [0.05, 0.1) is 5.60 Å². The number of benzene rings is 1. The SMILES string of the molecule is CCCNCCC(C)(O)c1cccc(CC(C)C)c1. The summed E-state index contributed by atoms with van der Waals surface area (Å²) in [6.07, 6.45) is 2.95. The average molecular weight is 263 g/mol. The monoisotopic (exact) mass is 263 g/mol. The standard InChI is InChI=1S/C17H29NO/c1-5-10-18-11-9-17(4,19)16-8-6-7-15(13-16)12-14(2)3/h6-8,13-14,18-19H,5,9-12H2,1-4H3. The molecule has 19 heavy (non-hydrogen) atoms. The van der Waals surface area contributed by atoms with Crippen LogP contribution in [0.3, 0.4) is 0 Å². The minimum absolute atomic E-state index is 0.645. The number of hydrogen-bond donors (Lipinski definition) is 2. The Kier molecular flexibility index (Phi) is 6.53. The Morgan fingerprint density at radius 3 is 2.63 bits per heavy atom. The number of hydrogen-bond acceptors (Lipinski definition) is 2. The van der Waals surface area contributed by atoms with Crippen LogP contribution in [0, 0.1) is 5.92 Å². The number of rotatable bonds is 8. The average Bonchev–Trinajstić information content (AvgIpc) is 2.34. The maximum atomic E-state index is 10.6. The van der Waals surface area contributed by atoms with E-state index in [0.717, 1.165) is 37.9 Å². The minimum Gasteiger partial charge on any atom is -0.385 e. The van der Waals surface area contributed by atoms with Crippen LogP contribution >= 0.6 is 0 Å². The molecule has 1 aromatic carbocycles. The molecule has 0 aliphatic heterocycles. The third-order valence-electron chi connectivity index (χ3n) is 3.41. The third-order valence-corrected chi connectivity index (χ3v) is 3.41. The smallest absolute Gasteiger partial charge is 0.0880 e. The first-order valence-corrected chi connectivity index (χ1v) is 7.48. The van der Waals surface area contributed by atoms with Crippen molar-refractivity contribution in [1.29, 1.82) is 0 Å². The maximum absolute atomic E-state index is 10.6. The predicted octanol–water partition coefficient (Wildman–Crippen LogP) is 3.48. The Balaban J connectivity index is 2.65. The highest BCUT2D eigenvalue weighted by Gasteiger charge is 2.22. The van der Waals surface area contributed by atoms with Crippen molar-refractivity contribution in [2.75, 3.05) is 13.1 Å². The van der Waals surface area contributed by atoms with Crippen LogP contribution in [0.15, 0.2) is 24.3 Å². The van der Waals surface area contributed by atoms with Crippen molar-refractivity contribution in [2.45, 2.75) is 52.6 Å². The lowest BCUT2D eigenvalue weighted by molar-refractivity contribution is 0.0480. The van der Waals surface area contributed by atoms with E-state index in [2.05, 4.69) is 44.3 Å². The molecule has 0 aliphatic rings. The highest BCUT2D eigenvalue weighted by Crippen LogP contribution is 2.25. The number of aliphatic hydroxyl groups is 1. The van der Waals surface area contributed by atoms with Gasteiger partial charge < -0.3 is 10.4 Å². The van der Waals surface area contributed by atoms with Gasteiger partial charge in [0.1, 0.15) is 0 Å². The summed E-state index contributed by atoms with van der Waals surface area (Å²) in [5, 5.41) is 14.0.